The van der Waals surface area contributed by atoms with Gasteiger partial charge in [0.05, 0.1) is 6.04 Å². The van der Waals surface area contributed by atoms with Gasteiger partial charge in [0.2, 0.25) is 11.8 Å². The zero-order valence-electron chi connectivity index (χ0n) is 12.2. The number of nitrogens with one attached hydrogen (secondary N) is 3. The summed E-state index contributed by atoms with van der Waals surface area (Å²) in [5.74, 6) is -0.499. The first-order valence-corrected chi connectivity index (χ1v) is 6.82. The predicted molar refractivity (Wildman–Crippen MR) is 73.0 cm³/mol. The minimum Gasteiger partial charge on any atom is -0.444 e. The Kier molecular flexibility index (Phi) is 5.94. The van der Waals surface area contributed by atoms with Crippen LogP contribution in [0.1, 0.15) is 40.0 Å². The molecule has 1 unspecified atom stereocenters. The van der Waals surface area contributed by atoms with E-state index in [-0.39, 0.29) is 17.9 Å². The number of hydrogen-bond acceptors (Lipinski definition) is 5. The molecular formula is C13H23N3O4. The van der Waals surface area contributed by atoms with Crippen LogP contribution in [0.25, 0.3) is 0 Å². The first-order chi connectivity index (χ1) is 9.28. The molecule has 114 valence electrons. The van der Waals surface area contributed by atoms with E-state index in [9.17, 15) is 14.4 Å². The summed E-state index contributed by atoms with van der Waals surface area (Å²) in [6, 6.07) is -0.325. The summed E-state index contributed by atoms with van der Waals surface area (Å²) < 4.78 is 5.09. The highest BCUT2D eigenvalue weighted by atomic mass is 16.6. The van der Waals surface area contributed by atoms with Crippen LogP contribution in [0.15, 0.2) is 0 Å². The molecule has 0 bridgehead atoms. The fraction of sp³-hybridized carbons (Fsp3) is 0.769. The molecule has 7 heteroatoms. The van der Waals surface area contributed by atoms with Gasteiger partial charge in [-0.1, -0.05) is 0 Å². The standard InChI is InChI=1S/C13H23N3O4/c1-13(2,3)20-12(19)15-8-4-7-14-9-5-6-10(17)16-11(9)18/h9,14H,4-8H2,1-3H3,(H,15,19)(H,16,17,18). The van der Waals surface area contributed by atoms with E-state index >= 15 is 0 Å². The number of rotatable bonds is 5. The number of amides is 3. The molecule has 0 saturated carbocycles. The lowest BCUT2D eigenvalue weighted by molar-refractivity contribution is -0.134. The van der Waals surface area contributed by atoms with Crippen molar-refractivity contribution in [3.63, 3.8) is 0 Å². The summed E-state index contributed by atoms with van der Waals surface area (Å²) in [6.07, 6.45) is 1.11. The van der Waals surface area contributed by atoms with E-state index in [1.54, 1.807) is 20.8 Å². The molecule has 3 amide bonds. The number of carbonyl (C=O) groups excluding carboxylic acids is 3. The van der Waals surface area contributed by atoms with E-state index in [1.165, 1.54) is 0 Å². The van der Waals surface area contributed by atoms with Gasteiger partial charge in [-0.05, 0) is 40.2 Å². The lowest BCUT2D eigenvalue weighted by Gasteiger charge is -2.22. The van der Waals surface area contributed by atoms with Crippen LogP contribution in [0.3, 0.4) is 0 Å². The Balaban J connectivity index is 2.09. The van der Waals surface area contributed by atoms with E-state index < -0.39 is 11.7 Å². The third-order valence-corrected chi connectivity index (χ3v) is 2.65. The predicted octanol–water partition coefficient (Wildman–Crippen LogP) is 0.296. The van der Waals surface area contributed by atoms with Crippen molar-refractivity contribution < 1.29 is 19.1 Å². The largest absolute Gasteiger partial charge is 0.444 e. The summed E-state index contributed by atoms with van der Waals surface area (Å²) >= 11 is 0. The number of imide groups is 1. The monoisotopic (exact) mass is 285 g/mol. The van der Waals surface area contributed by atoms with Crippen molar-refractivity contribution in [2.75, 3.05) is 13.1 Å². The zero-order chi connectivity index (χ0) is 15.2. The Bertz CT molecular complexity index is 376. The van der Waals surface area contributed by atoms with Gasteiger partial charge in [0, 0.05) is 13.0 Å². The van der Waals surface area contributed by atoms with Crippen LogP contribution in [0.4, 0.5) is 4.79 Å². The molecule has 0 aromatic rings. The second-order valence-corrected chi connectivity index (χ2v) is 5.74. The van der Waals surface area contributed by atoms with Gasteiger partial charge < -0.3 is 15.4 Å². The van der Waals surface area contributed by atoms with Gasteiger partial charge in [-0.3, -0.25) is 14.9 Å². The lowest BCUT2D eigenvalue weighted by Crippen LogP contribution is -2.51. The number of alkyl carbamates (subject to hydrolysis) is 1. The molecule has 0 aromatic heterocycles. The van der Waals surface area contributed by atoms with Crippen molar-refractivity contribution in [1.29, 1.82) is 0 Å². The molecule has 3 N–H and O–H groups in total. The van der Waals surface area contributed by atoms with Crippen LogP contribution in [0.2, 0.25) is 0 Å². The minimum absolute atomic E-state index is 0.223. The maximum absolute atomic E-state index is 11.4. The molecule has 1 aliphatic heterocycles. The fourth-order valence-electron chi connectivity index (χ4n) is 1.76. The molecule has 1 aliphatic rings. The fourth-order valence-corrected chi connectivity index (χ4v) is 1.76. The van der Waals surface area contributed by atoms with Crippen molar-refractivity contribution in [3.05, 3.63) is 0 Å². The van der Waals surface area contributed by atoms with Gasteiger partial charge in [0.15, 0.2) is 0 Å². The SMILES string of the molecule is CC(C)(C)OC(=O)NCCCNC1CCC(=O)NC1=O. The molecule has 0 aliphatic carbocycles. The zero-order valence-corrected chi connectivity index (χ0v) is 12.2. The lowest BCUT2D eigenvalue weighted by atomic mass is 10.1. The highest BCUT2D eigenvalue weighted by Crippen LogP contribution is 2.06. The van der Waals surface area contributed by atoms with E-state index in [1.807, 2.05) is 0 Å². The maximum Gasteiger partial charge on any atom is 0.407 e. The Morgan fingerprint density at radius 2 is 2.05 bits per heavy atom. The third kappa shape index (κ3) is 6.51. The van der Waals surface area contributed by atoms with Gasteiger partial charge in [0.25, 0.3) is 0 Å². The number of hydrogen-bond donors (Lipinski definition) is 3. The van der Waals surface area contributed by atoms with Crippen molar-refractivity contribution in [1.82, 2.24) is 16.0 Å². The molecule has 7 nitrogen and oxygen atoms in total. The number of carbonyl (C=O) groups is 3. The quantitative estimate of drug-likeness (QED) is 0.498. The molecule has 1 atom stereocenters. The summed E-state index contributed by atoms with van der Waals surface area (Å²) in [5, 5.41) is 7.98. The molecule has 0 aromatic carbocycles. The molecule has 1 fully saturated rings. The Labute approximate surface area is 118 Å². The summed E-state index contributed by atoms with van der Waals surface area (Å²) in [7, 11) is 0. The Hall–Kier alpha value is -1.63. The average molecular weight is 285 g/mol. The van der Waals surface area contributed by atoms with E-state index in [0.717, 1.165) is 0 Å². The second-order valence-electron chi connectivity index (χ2n) is 5.74. The summed E-state index contributed by atoms with van der Waals surface area (Å²) in [6.45, 7) is 6.46. The number of piperidine rings is 1. The highest BCUT2D eigenvalue weighted by molar-refractivity contribution is 6.00. The van der Waals surface area contributed by atoms with Gasteiger partial charge in [-0.2, -0.15) is 0 Å². The van der Waals surface area contributed by atoms with Gasteiger partial charge in [0.1, 0.15) is 5.60 Å². The molecule has 1 rings (SSSR count). The van der Waals surface area contributed by atoms with E-state index in [0.29, 0.717) is 32.4 Å². The molecule has 0 spiro atoms. The minimum atomic E-state index is -0.505. The normalized spacial score (nSPS) is 19.4. The third-order valence-electron chi connectivity index (χ3n) is 2.65. The van der Waals surface area contributed by atoms with Crippen molar-refractivity contribution in [2.45, 2.75) is 51.7 Å². The Morgan fingerprint density at radius 3 is 2.65 bits per heavy atom. The first-order valence-electron chi connectivity index (χ1n) is 6.82. The molecule has 0 radical (unpaired) electrons. The second kappa shape index (κ2) is 7.23. The van der Waals surface area contributed by atoms with Gasteiger partial charge in [-0.25, -0.2) is 4.79 Å². The first kappa shape index (κ1) is 16.4. The number of ether oxygens (including phenoxy) is 1. The van der Waals surface area contributed by atoms with Crippen LogP contribution in [0.5, 0.6) is 0 Å². The molecular weight excluding hydrogens is 262 g/mol. The summed E-state index contributed by atoms with van der Waals surface area (Å²) in [4.78, 5) is 33.8. The summed E-state index contributed by atoms with van der Waals surface area (Å²) in [5.41, 5.74) is -0.505. The maximum atomic E-state index is 11.4. The molecule has 1 saturated heterocycles. The van der Waals surface area contributed by atoms with Crippen LogP contribution in [0, 0.1) is 0 Å². The highest BCUT2D eigenvalue weighted by Gasteiger charge is 2.25. The van der Waals surface area contributed by atoms with Crippen molar-refractivity contribution in [3.8, 4) is 0 Å². The Morgan fingerprint density at radius 1 is 1.35 bits per heavy atom. The van der Waals surface area contributed by atoms with Crippen LogP contribution >= 0.6 is 0 Å². The topological polar surface area (TPSA) is 96.5 Å². The van der Waals surface area contributed by atoms with Gasteiger partial charge in [-0.15, -0.1) is 0 Å². The van der Waals surface area contributed by atoms with Crippen LogP contribution in [-0.4, -0.2) is 42.6 Å². The smallest absolute Gasteiger partial charge is 0.407 e. The average Bonchev–Trinajstić information content (AvgIpc) is 2.28. The van der Waals surface area contributed by atoms with E-state index in [4.69, 9.17) is 4.74 Å². The molecule has 1 heterocycles. The molecule has 20 heavy (non-hydrogen) atoms. The van der Waals surface area contributed by atoms with E-state index in [2.05, 4.69) is 16.0 Å². The van der Waals surface area contributed by atoms with Crippen LogP contribution in [-0.2, 0) is 14.3 Å². The van der Waals surface area contributed by atoms with Gasteiger partial charge >= 0.3 is 6.09 Å². The van der Waals surface area contributed by atoms with Crippen molar-refractivity contribution in [2.24, 2.45) is 0 Å². The van der Waals surface area contributed by atoms with Crippen molar-refractivity contribution >= 4 is 17.9 Å². The van der Waals surface area contributed by atoms with Crippen LogP contribution < -0.4 is 16.0 Å².